The topological polar surface area (TPSA) is 17.1 Å². The molecule has 0 saturated heterocycles. The Morgan fingerprint density at radius 2 is 1.73 bits per heavy atom. The van der Waals surface area contributed by atoms with Gasteiger partial charge in [0.1, 0.15) is 0 Å². The normalized spacial score (nSPS) is 11.1. The van der Waals surface area contributed by atoms with Gasteiger partial charge in [0.05, 0.1) is 0 Å². The second-order valence-corrected chi connectivity index (χ2v) is 4.98. The van der Waals surface area contributed by atoms with Crippen molar-refractivity contribution in [3.05, 3.63) is 12.2 Å². The molecule has 0 amide bonds. The van der Waals surface area contributed by atoms with E-state index in [9.17, 15) is 4.79 Å². The van der Waals surface area contributed by atoms with Gasteiger partial charge in [0.2, 0.25) is 5.12 Å². The van der Waals surface area contributed by atoms with Gasteiger partial charge in [0, 0.05) is 0 Å². The van der Waals surface area contributed by atoms with E-state index in [1.165, 1.54) is 50.3 Å². The van der Waals surface area contributed by atoms with E-state index in [0.29, 0.717) is 0 Å². The first kappa shape index (κ1) is 14.8. The van der Waals surface area contributed by atoms with Crippen molar-refractivity contribution < 1.29 is 4.79 Å². The van der Waals surface area contributed by atoms with Crippen molar-refractivity contribution in [1.82, 2.24) is 0 Å². The largest absolute Gasteiger partial charge is 0.282 e. The minimum atomic E-state index is 0.198. The fourth-order valence-corrected chi connectivity index (χ4v) is 1.89. The Hall–Kier alpha value is -0.240. The number of carbonyl (C=O) groups is 1. The van der Waals surface area contributed by atoms with Gasteiger partial charge < -0.3 is 0 Å². The SMILES string of the molecule is CCCCCCCC/C=C/C(=O)SCC. The average molecular weight is 228 g/mol. The number of unbranched alkanes of at least 4 members (excludes halogenated alkanes) is 6. The van der Waals surface area contributed by atoms with Crippen LogP contribution in [0, 0.1) is 0 Å². The van der Waals surface area contributed by atoms with Crippen molar-refractivity contribution in [2.45, 2.75) is 58.8 Å². The van der Waals surface area contributed by atoms with Gasteiger partial charge in [0.25, 0.3) is 0 Å². The Labute approximate surface area is 98.7 Å². The molecule has 0 aromatic rings. The molecule has 0 unspecified atom stereocenters. The van der Waals surface area contributed by atoms with Crippen molar-refractivity contribution in [3.63, 3.8) is 0 Å². The lowest BCUT2D eigenvalue weighted by molar-refractivity contribution is -0.107. The Morgan fingerprint density at radius 3 is 2.40 bits per heavy atom. The van der Waals surface area contributed by atoms with E-state index >= 15 is 0 Å². The van der Waals surface area contributed by atoms with Gasteiger partial charge in [-0.05, 0) is 24.7 Å². The smallest absolute Gasteiger partial charge is 0.211 e. The molecule has 0 N–H and O–H groups in total. The maximum atomic E-state index is 11.1. The lowest BCUT2D eigenvalue weighted by atomic mass is 10.1. The summed E-state index contributed by atoms with van der Waals surface area (Å²) >= 11 is 1.38. The van der Waals surface area contributed by atoms with Crippen LogP contribution in [-0.4, -0.2) is 10.9 Å². The van der Waals surface area contributed by atoms with E-state index in [-0.39, 0.29) is 5.12 Å². The highest BCUT2D eigenvalue weighted by Crippen LogP contribution is 2.08. The zero-order chi connectivity index (χ0) is 11.4. The first-order chi connectivity index (χ1) is 7.31. The number of carbonyl (C=O) groups excluding carboxylic acids is 1. The van der Waals surface area contributed by atoms with Crippen LogP contribution in [0.1, 0.15) is 58.8 Å². The Kier molecular flexibility index (Phi) is 11.6. The molecular formula is C13H24OS. The molecule has 0 fully saturated rings. The third-order valence-corrected chi connectivity index (χ3v) is 2.97. The van der Waals surface area contributed by atoms with E-state index in [1.54, 1.807) is 6.08 Å². The van der Waals surface area contributed by atoms with Crippen LogP contribution in [0.3, 0.4) is 0 Å². The minimum Gasteiger partial charge on any atom is -0.282 e. The molecule has 0 aromatic heterocycles. The van der Waals surface area contributed by atoms with Gasteiger partial charge in [-0.25, -0.2) is 0 Å². The lowest BCUT2D eigenvalue weighted by Gasteiger charge is -1.97. The van der Waals surface area contributed by atoms with Crippen LogP contribution in [0.2, 0.25) is 0 Å². The average Bonchev–Trinajstić information content (AvgIpc) is 2.22. The zero-order valence-corrected chi connectivity index (χ0v) is 10.9. The Morgan fingerprint density at radius 1 is 1.07 bits per heavy atom. The second kappa shape index (κ2) is 11.8. The van der Waals surface area contributed by atoms with Crippen LogP contribution in [-0.2, 0) is 4.79 Å². The molecule has 0 spiro atoms. The molecule has 2 heteroatoms. The first-order valence-electron chi connectivity index (χ1n) is 6.14. The first-order valence-corrected chi connectivity index (χ1v) is 7.13. The molecule has 0 heterocycles. The predicted molar refractivity (Wildman–Crippen MR) is 70.3 cm³/mol. The van der Waals surface area contributed by atoms with Crippen LogP contribution < -0.4 is 0 Å². The summed E-state index contributed by atoms with van der Waals surface area (Å²) in [5.74, 6) is 0.875. The molecule has 0 aliphatic heterocycles. The van der Waals surface area contributed by atoms with Gasteiger partial charge in [-0.15, -0.1) is 0 Å². The molecule has 1 nitrogen and oxygen atoms in total. The summed E-state index contributed by atoms with van der Waals surface area (Å²) in [7, 11) is 0. The zero-order valence-electron chi connectivity index (χ0n) is 10.1. The minimum absolute atomic E-state index is 0.198. The molecule has 0 saturated carbocycles. The molecule has 0 aliphatic carbocycles. The quantitative estimate of drug-likeness (QED) is 0.424. The molecule has 0 aliphatic rings. The molecule has 0 aromatic carbocycles. The Bertz CT molecular complexity index is 175. The fourth-order valence-electron chi connectivity index (χ4n) is 1.41. The maximum absolute atomic E-state index is 11.1. The van der Waals surface area contributed by atoms with E-state index < -0.39 is 0 Å². The van der Waals surface area contributed by atoms with E-state index in [2.05, 4.69) is 6.92 Å². The molecule has 0 radical (unpaired) electrons. The Balaban J connectivity index is 3.19. The number of thioether (sulfide) groups is 1. The summed E-state index contributed by atoms with van der Waals surface area (Å²) in [6.07, 6.45) is 12.7. The van der Waals surface area contributed by atoms with E-state index in [0.717, 1.165) is 12.2 Å². The summed E-state index contributed by atoms with van der Waals surface area (Å²) < 4.78 is 0. The molecule has 0 atom stereocenters. The van der Waals surface area contributed by atoms with Crippen LogP contribution in [0.4, 0.5) is 0 Å². The van der Waals surface area contributed by atoms with Gasteiger partial charge in [-0.1, -0.05) is 63.8 Å². The summed E-state index contributed by atoms with van der Waals surface area (Å²) in [4.78, 5) is 11.1. The van der Waals surface area contributed by atoms with Crippen LogP contribution in [0.25, 0.3) is 0 Å². The van der Waals surface area contributed by atoms with Gasteiger partial charge in [-0.2, -0.15) is 0 Å². The third-order valence-electron chi connectivity index (χ3n) is 2.26. The monoisotopic (exact) mass is 228 g/mol. The van der Waals surface area contributed by atoms with Crippen LogP contribution in [0.15, 0.2) is 12.2 Å². The number of rotatable bonds is 9. The van der Waals surface area contributed by atoms with Crippen molar-refractivity contribution in [1.29, 1.82) is 0 Å². The van der Waals surface area contributed by atoms with Crippen LogP contribution in [0.5, 0.6) is 0 Å². The van der Waals surface area contributed by atoms with Crippen molar-refractivity contribution >= 4 is 16.9 Å². The summed E-state index contributed by atoms with van der Waals surface area (Å²) in [5, 5.41) is 0.198. The van der Waals surface area contributed by atoms with Crippen molar-refractivity contribution in [3.8, 4) is 0 Å². The third kappa shape index (κ3) is 11.7. The second-order valence-electron chi connectivity index (χ2n) is 3.71. The highest BCUT2D eigenvalue weighted by Gasteiger charge is 1.93. The van der Waals surface area contributed by atoms with E-state index in [1.807, 2.05) is 13.0 Å². The molecule has 88 valence electrons. The maximum Gasteiger partial charge on any atom is 0.211 e. The van der Waals surface area contributed by atoms with E-state index in [4.69, 9.17) is 0 Å². The van der Waals surface area contributed by atoms with Gasteiger partial charge in [0.15, 0.2) is 0 Å². The number of allylic oxidation sites excluding steroid dienone is 1. The number of hydrogen-bond acceptors (Lipinski definition) is 2. The van der Waals surface area contributed by atoms with Crippen molar-refractivity contribution in [2.24, 2.45) is 0 Å². The lowest BCUT2D eigenvalue weighted by Crippen LogP contribution is -1.84. The number of hydrogen-bond donors (Lipinski definition) is 0. The molecule has 15 heavy (non-hydrogen) atoms. The predicted octanol–water partition coefficient (Wildman–Crippen LogP) is 4.57. The van der Waals surface area contributed by atoms with Gasteiger partial charge >= 0.3 is 0 Å². The van der Waals surface area contributed by atoms with Gasteiger partial charge in [-0.3, -0.25) is 4.79 Å². The van der Waals surface area contributed by atoms with Crippen molar-refractivity contribution in [2.75, 3.05) is 5.75 Å². The highest BCUT2D eigenvalue weighted by atomic mass is 32.2. The summed E-state index contributed by atoms with van der Waals surface area (Å²) in [6.45, 7) is 4.24. The summed E-state index contributed by atoms with van der Waals surface area (Å²) in [5.41, 5.74) is 0. The summed E-state index contributed by atoms with van der Waals surface area (Å²) in [6, 6.07) is 0. The molecule has 0 bridgehead atoms. The molecule has 0 rings (SSSR count). The molecular weight excluding hydrogens is 204 g/mol. The fraction of sp³-hybridized carbons (Fsp3) is 0.769. The standard InChI is InChI=1S/C13H24OS/c1-3-5-6-7-8-9-10-11-12-13(14)15-4-2/h11-12H,3-10H2,1-2H3/b12-11+. The highest BCUT2D eigenvalue weighted by molar-refractivity contribution is 8.14. The van der Waals surface area contributed by atoms with Crippen LogP contribution >= 0.6 is 11.8 Å².